The fourth-order valence-electron chi connectivity index (χ4n) is 1.27. The van der Waals surface area contributed by atoms with Gasteiger partial charge in [-0.2, -0.15) is 0 Å². The van der Waals surface area contributed by atoms with Gasteiger partial charge in [0.05, 0.1) is 11.8 Å². The molecule has 0 aliphatic carbocycles. The van der Waals surface area contributed by atoms with Crippen LogP contribution in [0.2, 0.25) is 5.02 Å². The Morgan fingerprint density at radius 2 is 2.33 bits per heavy atom. The fourth-order valence-corrected chi connectivity index (χ4v) is 2.40. The molecule has 2 aromatic rings. The molecule has 80 valence electrons. The molecule has 0 saturated carbocycles. The number of halogens is 1. The van der Waals surface area contributed by atoms with Crippen LogP contribution in [0.25, 0.3) is 10.2 Å². The molecule has 0 aliphatic heterocycles. The quantitative estimate of drug-likeness (QED) is 0.853. The standard InChI is InChI=1S/C9H9ClN2O2S/c1-11-9-12-7-5(14-2)3-4(13)6(10)8(7)15-9/h3,13H,1-2H3,(H,11,12). The van der Waals surface area contributed by atoms with Crippen LogP contribution in [0, 0.1) is 0 Å². The number of anilines is 1. The van der Waals surface area contributed by atoms with Gasteiger partial charge in [0.15, 0.2) is 5.13 Å². The van der Waals surface area contributed by atoms with E-state index in [0.29, 0.717) is 16.3 Å². The van der Waals surface area contributed by atoms with Crippen molar-refractivity contribution in [2.45, 2.75) is 0 Å². The Labute approximate surface area is 95.5 Å². The summed E-state index contributed by atoms with van der Waals surface area (Å²) in [4.78, 5) is 4.29. The largest absolute Gasteiger partial charge is 0.506 e. The highest BCUT2D eigenvalue weighted by atomic mass is 35.5. The molecule has 1 heterocycles. The molecule has 0 bridgehead atoms. The van der Waals surface area contributed by atoms with Gasteiger partial charge in [-0.1, -0.05) is 22.9 Å². The molecule has 0 radical (unpaired) electrons. The Hall–Kier alpha value is -1.20. The Bertz CT molecular complexity index is 512. The SMILES string of the molecule is CNc1nc2c(OC)cc(O)c(Cl)c2s1. The lowest BCUT2D eigenvalue weighted by Gasteiger charge is -2.03. The second-order valence-electron chi connectivity index (χ2n) is 2.86. The minimum atomic E-state index is 0.00678. The van der Waals surface area contributed by atoms with Gasteiger partial charge in [-0.15, -0.1) is 0 Å². The van der Waals surface area contributed by atoms with E-state index in [9.17, 15) is 5.11 Å². The zero-order chi connectivity index (χ0) is 11.0. The summed E-state index contributed by atoms with van der Waals surface area (Å²) in [6, 6.07) is 1.46. The molecule has 2 N–H and O–H groups in total. The number of rotatable bonds is 2. The van der Waals surface area contributed by atoms with E-state index < -0.39 is 0 Å². The molecule has 0 spiro atoms. The zero-order valence-corrected chi connectivity index (χ0v) is 9.74. The number of nitrogens with one attached hydrogen (secondary N) is 1. The summed E-state index contributed by atoms with van der Waals surface area (Å²) in [5, 5.41) is 13.5. The number of hydrogen-bond donors (Lipinski definition) is 2. The predicted molar refractivity (Wildman–Crippen MR) is 62.4 cm³/mol. The molecule has 1 aromatic heterocycles. The molecule has 1 aromatic carbocycles. The maximum Gasteiger partial charge on any atom is 0.183 e. The molecular formula is C9H9ClN2O2S. The number of phenolic OH excluding ortho intramolecular Hbond substituents is 1. The average molecular weight is 245 g/mol. The Balaban J connectivity index is 2.80. The molecule has 0 fully saturated rings. The lowest BCUT2D eigenvalue weighted by Crippen LogP contribution is -1.87. The van der Waals surface area contributed by atoms with E-state index in [-0.39, 0.29) is 5.75 Å². The van der Waals surface area contributed by atoms with Gasteiger partial charge in [-0.05, 0) is 0 Å². The van der Waals surface area contributed by atoms with Gasteiger partial charge in [-0.3, -0.25) is 0 Å². The number of phenols is 1. The molecule has 0 saturated heterocycles. The molecule has 4 nitrogen and oxygen atoms in total. The van der Waals surface area contributed by atoms with Gasteiger partial charge in [0.25, 0.3) is 0 Å². The van der Waals surface area contributed by atoms with E-state index in [1.54, 1.807) is 7.05 Å². The van der Waals surface area contributed by atoms with Crippen molar-refractivity contribution >= 4 is 38.3 Å². The number of methoxy groups -OCH3 is 1. The third-order valence-corrected chi connectivity index (χ3v) is 3.57. The highest BCUT2D eigenvalue weighted by molar-refractivity contribution is 7.22. The number of thiazole rings is 1. The number of fused-ring (bicyclic) bond motifs is 1. The predicted octanol–water partition coefficient (Wildman–Crippen LogP) is 2.71. The smallest absolute Gasteiger partial charge is 0.183 e. The first-order chi connectivity index (χ1) is 7.17. The van der Waals surface area contributed by atoms with E-state index in [4.69, 9.17) is 16.3 Å². The third kappa shape index (κ3) is 1.57. The van der Waals surface area contributed by atoms with Gasteiger partial charge >= 0.3 is 0 Å². The summed E-state index contributed by atoms with van der Waals surface area (Å²) in [6.45, 7) is 0. The summed E-state index contributed by atoms with van der Waals surface area (Å²) >= 11 is 7.34. The van der Waals surface area contributed by atoms with Crippen LogP contribution < -0.4 is 10.1 Å². The van der Waals surface area contributed by atoms with Crippen molar-refractivity contribution in [1.82, 2.24) is 4.98 Å². The van der Waals surface area contributed by atoms with Crippen LogP contribution in [0.5, 0.6) is 11.5 Å². The van der Waals surface area contributed by atoms with Crippen molar-refractivity contribution in [3.63, 3.8) is 0 Å². The number of nitrogens with zero attached hydrogens (tertiary/aromatic N) is 1. The van der Waals surface area contributed by atoms with Crippen molar-refractivity contribution in [2.75, 3.05) is 19.5 Å². The van der Waals surface area contributed by atoms with E-state index in [1.807, 2.05) is 0 Å². The minimum Gasteiger partial charge on any atom is -0.506 e. The van der Waals surface area contributed by atoms with Gasteiger partial charge in [0.1, 0.15) is 22.0 Å². The van der Waals surface area contributed by atoms with Gasteiger partial charge in [0, 0.05) is 13.1 Å². The molecule has 6 heteroatoms. The van der Waals surface area contributed by atoms with Gasteiger partial charge in [0.2, 0.25) is 0 Å². The van der Waals surface area contributed by atoms with Crippen LogP contribution in [0.4, 0.5) is 5.13 Å². The molecular weight excluding hydrogens is 236 g/mol. The Morgan fingerprint density at radius 3 is 2.93 bits per heavy atom. The highest BCUT2D eigenvalue weighted by Gasteiger charge is 2.15. The van der Waals surface area contributed by atoms with E-state index in [1.165, 1.54) is 24.5 Å². The summed E-state index contributed by atoms with van der Waals surface area (Å²) in [5.74, 6) is 0.525. The maximum absolute atomic E-state index is 9.56. The van der Waals surface area contributed by atoms with Crippen LogP contribution in [-0.2, 0) is 0 Å². The minimum absolute atomic E-state index is 0.00678. The van der Waals surface area contributed by atoms with Gasteiger partial charge < -0.3 is 15.2 Å². The Morgan fingerprint density at radius 1 is 1.60 bits per heavy atom. The van der Waals surface area contributed by atoms with Crippen LogP contribution in [-0.4, -0.2) is 24.2 Å². The highest BCUT2D eigenvalue weighted by Crippen LogP contribution is 2.42. The number of benzene rings is 1. The third-order valence-electron chi connectivity index (χ3n) is 1.99. The average Bonchev–Trinajstić information content (AvgIpc) is 2.67. The molecule has 15 heavy (non-hydrogen) atoms. The summed E-state index contributed by atoms with van der Waals surface area (Å²) in [5.41, 5.74) is 0.662. The fraction of sp³-hybridized carbons (Fsp3) is 0.222. The first-order valence-electron chi connectivity index (χ1n) is 4.21. The molecule has 0 amide bonds. The first-order valence-corrected chi connectivity index (χ1v) is 5.40. The molecule has 0 atom stereocenters. The van der Waals surface area contributed by atoms with Crippen LogP contribution in [0.3, 0.4) is 0 Å². The second-order valence-corrected chi connectivity index (χ2v) is 4.24. The lowest BCUT2D eigenvalue weighted by molar-refractivity contribution is 0.412. The zero-order valence-electron chi connectivity index (χ0n) is 8.17. The molecule has 0 aliphatic rings. The lowest BCUT2D eigenvalue weighted by atomic mass is 10.3. The molecule has 0 unspecified atom stereocenters. The van der Waals surface area contributed by atoms with Crippen molar-refractivity contribution in [3.05, 3.63) is 11.1 Å². The van der Waals surface area contributed by atoms with Crippen molar-refractivity contribution in [3.8, 4) is 11.5 Å². The van der Waals surface area contributed by atoms with Crippen molar-refractivity contribution in [2.24, 2.45) is 0 Å². The van der Waals surface area contributed by atoms with Crippen LogP contribution in [0.1, 0.15) is 0 Å². The monoisotopic (exact) mass is 244 g/mol. The summed E-state index contributed by atoms with van der Waals surface area (Å²) in [7, 11) is 3.30. The number of aromatic nitrogens is 1. The number of ether oxygens (including phenoxy) is 1. The van der Waals surface area contributed by atoms with Crippen molar-refractivity contribution < 1.29 is 9.84 Å². The first kappa shape index (κ1) is 10.3. The van der Waals surface area contributed by atoms with E-state index >= 15 is 0 Å². The second kappa shape index (κ2) is 3.75. The van der Waals surface area contributed by atoms with Crippen LogP contribution in [0.15, 0.2) is 6.07 Å². The van der Waals surface area contributed by atoms with E-state index in [2.05, 4.69) is 10.3 Å². The maximum atomic E-state index is 9.56. The molecule has 2 rings (SSSR count). The summed E-state index contributed by atoms with van der Waals surface area (Å²) in [6.07, 6.45) is 0. The van der Waals surface area contributed by atoms with E-state index in [0.717, 1.165) is 9.83 Å². The number of aromatic hydroxyl groups is 1. The van der Waals surface area contributed by atoms with Crippen molar-refractivity contribution in [1.29, 1.82) is 0 Å². The Kier molecular flexibility index (Phi) is 2.58. The van der Waals surface area contributed by atoms with Gasteiger partial charge in [-0.25, -0.2) is 4.98 Å². The number of hydrogen-bond acceptors (Lipinski definition) is 5. The van der Waals surface area contributed by atoms with Crippen LogP contribution >= 0.6 is 22.9 Å². The normalized spacial score (nSPS) is 10.6. The topological polar surface area (TPSA) is 54.4 Å². The summed E-state index contributed by atoms with van der Waals surface area (Å²) < 4.78 is 5.84.